The zero-order valence-electron chi connectivity index (χ0n) is 12.6. The van der Waals surface area contributed by atoms with Crippen LogP contribution in [0.4, 0.5) is 4.39 Å². The van der Waals surface area contributed by atoms with Crippen molar-refractivity contribution in [2.75, 3.05) is 14.2 Å². The molecule has 0 radical (unpaired) electrons. The number of ether oxygens (including phenoxy) is 2. The fourth-order valence-electron chi connectivity index (χ4n) is 2.31. The van der Waals surface area contributed by atoms with Crippen LogP contribution in [0.1, 0.15) is 6.42 Å². The Kier molecular flexibility index (Phi) is 5.54. The number of hydrogen-bond donors (Lipinski definition) is 0. The minimum Gasteiger partial charge on any atom is -0.469 e. The third-order valence-electron chi connectivity index (χ3n) is 3.49. The number of carbonyl (C=O) groups excluding carboxylic acids is 3. The van der Waals surface area contributed by atoms with Gasteiger partial charge in [0.2, 0.25) is 0 Å². The maximum absolute atomic E-state index is 12.9. The van der Waals surface area contributed by atoms with Gasteiger partial charge in [-0.3, -0.25) is 14.4 Å². The number of Topliss-reactive ketones (excluding diaryl/α,β-unsaturated/α-hetero) is 1. The molecule has 1 aromatic rings. The monoisotopic (exact) mass is 338 g/mol. The van der Waals surface area contributed by atoms with Crippen molar-refractivity contribution in [1.29, 1.82) is 0 Å². The van der Waals surface area contributed by atoms with E-state index in [1.54, 1.807) is 6.08 Å². The molecule has 0 aliphatic heterocycles. The molecule has 23 heavy (non-hydrogen) atoms. The first-order chi connectivity index (χ1) is 11.0. The van der Waals surface area contributed by atoms with Crippen molar-refractivity contribution in [3.63, 3.8) is 0 Å². The summed E-state index contributed by atoms with van der Waals surface area (Å²) in [7, 11) is 2.36. The van der Waals surface area contributed by atoms with Crippen molar-refractivity contribution in [3.05, 3.63) is 41.1 Å². The van der Waals surface area contributed by atoms with Crippen LogP contribution in [-0.2, 0) is 23.9 Å². The van der Waals surface area contributed by atoms with Crippen molar-refractivity contribution >= 4 is 29.5 Å². The maximum Gasteiger partial charge on any atom is 0.317 e. The third-order valence-corrected chi connectivity index (χ3v) is 4.58. The fraction of sp³-hybridized carbons (Fsp3) is 0.312. The number of allylic oxidation sites excluding steroid dienone is 2. The summed E-state index contributed by atoms with van der Waals surface area (Å²) in [4.78, 5) is 37.2. The number of ketones is 1. The summed E-state index contributed by atoms with van der Waals surface area (Å²) in [6.07, 6.45) is 1.79. The number of benzene rings is 1. The highest BCUT2D eigenvalue weighted by molar-refractivity contribution is 8.04. The predicted octanol–water partition coefficient (Wildman–Crippen LogP) is 2.35. The second-order valence-corrected chi connectivity index (χ2v) is 5.97. The number of halogens is 1. The SMILES string of the molecule is COC(=O)C1CC=C(Sc2ccc(F)cc2)C(=O)C1C(=O)OC. The van der Waals surface area contributed by atoms with Crippen LogP contribution in [0.25, 0.3) is 0 Å². The second-order valence-electron chi connectivity index (χ2n) is 4.85. The lowest BCUT2D eigenvalue weighted by atomic mass is 9.82. The first-order valence-electron chi connectivity index (χ1n) is 6.81. The number of rotatable bonds is 4. The van der Waals surface area contributed by atoms with Gasteiger partial charge in [-0.15, -0.1) is 0 Å². The van der Waals surface area contributed by atoms with Gasteiger partial charge in [-0.05, 0) is 30.7 Å². The standard InChI is InChI=1S/C16H15FO5S/c1-21-15(19)11-7-8-12(14(18)13(11)16(20)22-2)23-10-5-3-9(17)4-6-10/h3-6,8,11,13H,7H2,1-2H3. The van der Waals surface area contributed by atoms with E-state index in [0.29, 0.717) is 9.80 Å². The molecule has 0 N–H and O–H groups in total. The normalized spacial score (nSPS) is 20.7. The fourth-order valence-corrected chi connectivity index (χ4v) is 3.24. The van der Waals surface area contributed by atoms with Gasteiger partial charge in [0, 0.05) is 4.90 Å². The zero-order chi connectivity index (χ0) is 17.0. The minimum atomic E-state index is -1.22. The Hall–Kier alpha value is -2.15. The largest absolute Gasteiger partial charge is 0.469 e. The van der Waals surface area contributed by atoms with Crippen LogP contribution in [0.3, 0.4) is 0 Å². The van der Waals surface area contributed by atoms with Gasteiger partial charge in [-0.1, -0.05) is 17.8 Å². The lowest BCUT2D eigenvalue weighted by molar-refractivity contribution is -0.160. The topological polar surface area (TPSA) is 69.7 Å². The van der Waals surface area contributed by atoms with E-state index < -0.39 is 29.6 Å². The molecule has 7 heteroatoms. The van der Waals surface area contributed by atoms with E-state index >= 15 is 0 Å². The molecular weight excluding hydrogens is 323 g/mol. The molecule has 2 atom stereocenters. The number of carbonyl (C=O) groups is 3. The van der Waals surface area contributed by atoms with Gasteiger partial charge in [0.15, 0.2) is 5.78 Å². The highest BCUT2D eigenvalue weighted by atomic mass is 32.2. The van der Waals surface area contributed by atoms with E-state index in [0.717, 1.165) is 18.9 Å². The van der Waals surface area contributed by atoms with Crippen LogP contribution in [0.2, 0.25) is 0 Å². The summed E-state index contributed by atoms with van der Waals surface area (Å²) >= 11 is 1.12. The Bertz CT molecular complexity index is 653. The Morgan fingerprint density at radius 2 is 1.74 bits per heavy atom. The first-order valence-corrected chi connectivity index (χ1v) is 7.63. The smallest absolute Gasteiger partial charge is 0.317 e. The molecule has 2 rings (SSSR count). The highest BCUT2D eigenvalue weighted by Crippen LogP contribution is 2.37. The lowest BCUT2D eigenvalue weighted by Gasteiger charge is -2.26. The van der Waals surface area contributed by atoms with E-state index in [4.69, 9.17) is 0 Å². The second kappa shape index (κ2) is 7.41. The molecule has 0 heterocycles. The van der Waals surface area contributed by atoms with Crippen LogP contribution in [0.15, 0.2) is 40.1 Å². The van der Waals surface area contributed by atoms with Gasteiger partial charge >= 0.3 is 11.9 Å². The molecule has 0 saturated carbocycles. The van der Waals surface area contributed by atoms with Crippen molar-refractivity contribution in [2.24, 2.45) is 11.8 Å². The van der Waals surface area contributed by atoms with E-state index in [-0.39, 0.29) is 12.2 Å². The van der Waals surface area contributed by atoms with Crippen LogP contribution >= 0.6 is 11.8 Å². The van der Waals surface area contributed by atoms with Crippen LogP contribution in [-0.4, -0.2) is 31.9 Å². The van der Waals surface area contributed by atoms with Crippen LogP contribution < -0.4 is 0 Å². The average molecular weight is 338 g/mol. The predicted molar refractivity (Wildman–Crippen MR) is 81.0 cm³/mol. The molecule has 0 aromatic heterocycles. The lowest BCUT2D eigenvalue weighted by Crippen LogP contribution is -2.39. The quantitative estimate of drug-likeness (QED) is 0.620. The number of thioether (sulfide) groups is 1. The molecular formula is C16H15FO5S. The summed E-state index contributed by atoms with van der Waals surface area (Å²) in [6.45, 7) is 0. The van der Waals surface area contributed by atoms with Crippen LogP contribution in [0.5, 0.6) is 0 Å². The maximum atomic E-state index is 12.9. The van der Waals surface area contributed by atoms with Gasteiger partial charge in [0.25, 0.3) is 0 Å². The summed E-state index contributed by atoms with van der Waals surface area (Å²) in [5, 5.41) is 0. The van der Waals surface area contributed by atoms with Crippen molar-refractivity contribution < 1.29 is 28.2 Å². The van der Waals surface area contributed by atoms with Gasteiger partial charge in [0.05, 0.1) is 25.0 Å². The van der Waals surface area contributed by atoms with Gasteiger partial charge in [-0.25, -0.2) is 4.39 Å². The van der Waals surface area contributed by atoms with E-state index in [9.17, 15) is 18.8 Å². The van der Waals surface area contributed by atoms with Crippen molar-refractivity contribution in [2.45, 2.75) is 11.3 Å². The molecule has 1 aliphatic carbocycles. The molecule has 0 amide bonds. The molecule has 122 valence electrons. The minimum absolute atomic E-state index is 0.196. The van der Waals surface area contributed by atoms with Crippen molar-refractivity contribution in [1.82, 2.24) is 0 Å². The van der Waals surface area contributed by atoms with E-state index in [1.807, 2.05) is 0 Å². The Morgan fingerprint density at radius 3 is 2.30 bits per heavy atom. The van der Waals surface area contributed by atoms with Crippen LogP contribution in [0, 0.1) is 17.7 Å². The van der Waals surface area contributed by atoms with Gasteiger partial charge in [-0.2, -0.15) is 0 Å². The molecule has 1 aromatic carbocycles. The summed E-state index contributed by atoms with van der Waals surface area (Å²) in [6, 6.07) is 5.64. The Morgan fingerprint density at radius 1 is 1.13 bits per heavy atom. The molecule has 2 unspecified atom stereocenters. The number of esters is 2. The molecule has 0 fully saturated rings. The summed E-state index contributed by atoms with van der Waals surface area (Å²) < 4.78 is 22.2. The van der Waals surface area contributed by atoms with Gasteiger partial charge in [0.1, 0.15) is 11.7 Å². The number of hydrogen-bond acceptors (Lipinski definition) is 6. The highest BCUT2D eigenvalue weighted by Gasteiger charge is 2.44. The molecule has 0 bridgehead atoms. The zero-order valence-corrected chi connectivity index (χ0v) is 13.4. The van der Waals surface area contributed by atoms with Crippen molar-refractivity contribution in [3.8, 4) is 0 Å². The average Bonchev–Trinajstić information content (AvgIpc) is 2.57. The van der Waals surface area contributed by atoms with E-state index in [1.165, 1.54) is 31.4 Å². The third kappa shape index (κ3) is 3.79. The molecule has 5 nitrogen and oxygen atoms in total. The molecule has 0 saturated heterocycles. The number of methoxy groups -OCH3 is 2. The van der Waals surface area contributed by atoms with E-state index in [2.05, 4.69) is 9.47 Å². The molecule has 1 aliphatic rings. The first kappa shape index (κ1) is 17.2. The van der Waals surface area contributed by atoms with Gasteiger partial charge < -0.3 is 9.47 Å². The summed E-state index contributed by atoms with van der Waals surface area (Å²) in [5.74, 6) is -4.38. The summed E-state index contributed by atoms with van der Waals surface area (Å²) in [5.41, 5.74) is 0. The Labute approximate surface area is 136 Å². The molecule has 0 spiro atoms. The Balaban J connectivity index is 2.26.